The van der Waals surface area contributed by atoms with Crippen LogP contribution in [-0.4, -0.2) is 11.8 Å². The lowest BCUT2D eigenvalue weighted by Gasteiger charge is -2.19. The number of halogens is 1. The average molecular weight is 322 g/mol. The second kappa shape index (κ2) is 4.75. The van der Waals surface area contributed by atoms with E-state index in [4.69, 9.17) is 0 Å². The minimum absolute atomic E-state index is 0.00331. The molecule has 1 aromatic carbocycles. The van der Waals surface area contributed by atoms with E-state index in [0.29, 0.717) is 5.69 Å². The van der Waals surface area contributed by atoms with Crippen molar-refractivity contribution in [2.75, 3.05) is 4.90 Å². The van der Waals surface area contributed by atoms with Crippen LogP contribution in [-0.2, 0) is 9.59 Å². The zero-order valence-electron chi connectivity index (χ0n) is 10.9. The van der Waals surface area contributed by atoms with Crippen molar-refractivity contribution in [2.45, 2.75) is 32.6 Å². The summed E-state index contributed by atoms with van der Waals surface area (Å²) in [5.74, 6) is -0.164. The number of benzene rings is 1. The Labute approximate surface area is 121 Å². The van der Waals surface area contributed by atoms with Gasteiger partial charge in [-0.3, -0.25) is 14.5 Å². The molecule has 2 aliphatic rings. The number of hydrogen-bond acceptors (Lipinski definition) is 2. The molecule has 0 bridgehead atoms. The Morgan fingerprint density at radius 3 is 2.21 bits per heavy atom. The van der Waals surface area contributed by atoms with E-state index in [0.717, 1.165) is 35.7 Å². The molecule has 3 rings (SSSR count). The monoisotopic (exact) mass is 321 g/mol. The fourth-order valence-corrected chi connectivity index (χ4v) is 3.43. The molecular weight excluding hydrogens is 306 g/mol. The molecule has 1 aliphatic carbocycles. The molecule has 2 amide bonds. The first-order valence-electron chi connectivity index (χ1n) is 6.73. The van der Waals surface area contributed by atoms with Gasteiger partial charge in [0.05, 0.1) is 17.5 Å². The maximum absolute atomic E-state index is 12.4. The first kappa shape index (κ1) is 12.9. The quantitative estimate of drug-likeness (QED) is 0.743. The van der Waals surface area contributed by atoms with Crippen LogP contribution in [0, 0.1) is 18.8 Å². The fourth-order valence-electron chi connectivity index (χ4n) is 3.18. The molecular formula is C15H16BrNO2. The maximum atomic E-state index is 12.4. The Kier molecular flexibility index (Phi) is 3.21. The van der Waals surface area contributed by atoms with E-state index < -0.39 is 0 Å². The van der Waals surface area contributed by atoms with Crippen molar-refractivity contribution in [3.63, 3.8) is 0 Å². The molecule has 1 aromatic rings. The van der Waals surface area contributed by atoms with Crippen LogP contribution in [0.2, 0.25) is 0 Å². The fraction of sp³-hybridized carbons (Fsp3) is 0.467. The first-order chi connectivity index (χ1) is 9.09. The van der Waals surface area contributed by atoms with Gasteiger partial charge in [0, 0.05) is 4.47 Å². The second-order valence-corrected chi connectivity index (χ2v) is 6.30. The third-order valence-corrected chi connectivity index (χ3v) is 5.13. The van der Waals surface area contributed by atoms with Gasteiger partial charge in [0.25, 0.3) is 0 Å². The molecule has 0 radical (unpaired) electrons. The lowest BCUT2D eigenvalue weighted by atomic mass is 9.81. The van der Waals surface area contributed by atoms with Crippen molar-refractivity contribution in [2.24, 2.45) is 11.8 Å². The van der Waals surface area contributed by atoms with Crippen molar-refractivity contribution in [3.05, 3.63) is 28.2 Å². The Hall–Kier alpha value is -1.16. The number of carbonyl (C=O) groups is 2. The highest BCUT2D eigenvalue weighted by Crippen LogP contribution is 2.40. The van der Waals surface area contributed by atoms with Gasteiger partial charge in [0.15, 0.2) is 0 Å². The van der Waals surface area contributed by atoms with Crippen molar-refractivity contribution in [3.8, 4) is 0 Å². The van der Waals surface area contributed by atoms with Gasteiger partial charge in [-0.05, 0) is 43.5 Å². The lowest BCUT2D eigenvalue weighted by molar-refractivity contribution is -0.122. The van der Waals surface area contributed by atoms with E-state index in [1.54, 1.807) is 0 Å². The molecule has 1 saturated carbocycles. The van der Waals surface area contributed by atoms with Crippen molar-refractivity contribution < 1.29 is 9.59 Å². The van der Waals surface area contributed by atoms with Crippen LogP contribution in [0.15, 0.2) is 22.7 Å². The predicted octanol–water partition coefficient (Wildman–Crippen LogP) is 3.44. The van der Waals surface area contributed by atoms with E-state index >= 15 is 0 Å². The van der Waals surface area contributed by atoms with E-state index in [1.807, 2.05) is 25.1 Å². The summed E-state index contributed by atoms with van der Waals surface area (Å²) in [5, 5.41) is 0. The Morgan fingerprint density at radius 1 is 1.11 bits per heavy atom. The molecule has 4 heteroatoms. The maximum Gasteiger partial charge on any atom is 0.237 e. The van der Waals surface area contributed by atoms with E-state index in [-0.39, 0.29) is 23.7 Å². The molecule has 1 saturated heterocycles. The number of amides is 2. The largest absolute Gasteiger partial charge is 0.274 e. The summed E-state index contributed by atoms with van der Waals surface area (Å²) in [7, 11) is 0. The first-order valence-corrected chi connectivity index (χ1v) is 7.53. The zero-order valence-corrected chi connectivity index (χ0v) is 12.4. The predicted molar refractivity (Wildman–Crippen MR) is 76.8 cm³/mol. The lowest BCUT2D eigenvalue weighted by Crippen LogP contribution is -2.30. The number of aryl methyl sites for hydroxylation is 1. The van der Waals surface area contributed by atoms with Crippen LogP contribution in [0.5, 0.6) is 0 Å². The van der Waals surface area contributed by atoms with Crippen LogP contribution in [0.3, 0.4) is 0 Å². The Morgan fingerprint density at radius 2 is 1.68 bits per heavy atom. The minimum Gasteiger partial charge on any atom is -0.274 e. The van der Waals surface area contributed by atoms with Crippen molar-refractivity contribution in [1.82, 2.24) is 0 Å². The number of nitrogens with zero attached hydrogens (tertiary/aromatic N) is 1. The molecule has 0 N–H and O–H groups in total. The van der Waals surface area contributed by atoms with Gasteiger partial charge in [0.1, 0.15) is 0 Å². The normalized spacial score (nSPS) is 26.7. The van der Waals surface area contributed by atoms with E-state index in [2.05, 4.69) is 15.9 Å². The van der Waals surface area contributed by atoms with Gasteiger partial charge in [-0.15, -0.1) is 0 Å². The van der Waals surface area contributed by atoms with Gasteiger partial charge in [-0.2, -0.15) is 0 Å². The summed E-state index contributed by atoms with van der Waals surface area (Å²) < 4.78 is 0.993. The summed E-state index contributed by atoms with van der Waals surface area (Å²) in [6.45, 7) is 1.96. The second-order valence-electron chi connectivity index (χ2n) is 5.44. The molecule has 2 fully saturated rings. The number of imide groups is 1. The summed E-state index contributed by atoms with van der Waals surface area (Å²) >= 11 is 3.44. The van der Waals surface area contributed by atoms with Crippen molar-refractivity contribution >= 4 is 33.4 Å². The molecule has 0 aromatic heterocycles. The molecule has 100 valence electrons. The molecule has 2 atom stereocenters. The standard InChI is InChI=1S/C15H16BrNO2/c1-9-8-10(6-7-13(9)16)17-14(18)11-4-2-3-5-12(11)15(17)19/h6-8,11-12H,2-5H2,1H3/t11-,12+. The molecule has 19 heavy (non-hydrogen) atoms. The van der Waals surface area contributed by atoms with E-state index in [9.17, 15) is 9.59 Å². The van der Waals surface area contributed by atoms with Crippen LogP contribution in [0.1, 0.15) is 31.2 Å². The number of carbonyl (C=O) groups excluding carboxylic acids is 2. The minimum atomic E-state index is -0.0785. The van der Waals surface area contributed by atoms with Crippen LogP contribution < -0.4 is 4.90 Å². The van der Waals surface area contributed by atoms with Gasteiger partial charge < -0.3 is 0 Å². The number of anilines is 1. The highest BCUT2D eigenvalue weighted by atomic mass is 79.9. The van der Waals surface area contributed by atoms with Crippen LogP contribution in [0.25, 0.3) is 0 Å². The third-order valence-electron chi connectivity index (χ3n) is 4.24. The molecule has 1 aliphatic heterocycles. The summed E-state index contributed by atoms with van der Waals surface area (Å²) in [6, 6.07) is 5.63. The third kappa shape index (κ3) is 2.02. The molecule has 1 heterocycles. The highest BCUT2D eigenvalue weighted by Gasteiger charge is 2.48. The highest BCUT2D eigenvalue weighted by molar-refractivity contribution is 9.10. The summed E-state index contributed by atoms with van der Waals surface area (Å²) in [4.78, 5) is 26.3. The topological polar surface area (TPSA) is 37.4 Å². The van der Waals surface area contributed by atoms with Crippen molar-refractivity contribution in [1.29, 1.82) is 0 Å². The van der Waals surface area contributed by atoms with Gasteiger partial charge in [0.2, 0.25) is 11.8 Å². The number of rotatable bonds is 1. The van der Waals surface area contributed by atoms with Crippen LogP contribution >= 0.6 is 15.9 Å². The van der Waals surface area contributed by atoms with Gasteiger partial charge in [-0.25, -0.2) is 0 Å². The molecule has 0 unspecified atom stereocenters. The smallest absolute Gasteiger partial charge is 0.237 e. The van der Waals surface area contributed by atoms with Gasteiger partial charge in [-0.1, -0.05) is 28.8 Å². The van der Waals surface area contributed by atoms with E-state index in [1.165, 1.54) is 4.90 Å². The summed E-state index contributed by atoms with van der Waals surface area (Å²) in [6.07, 6.45) is 3.85. The average Bonchev–Trinajstić information content (AvgIpc) is 2.66. The SMILES string of the molecule is Cc1cc(N2C(=O)[C@H]3CCCC[C@H]3C2=O)ccc1Br. The number of fused-ring (bicyclic) bond motifs is 1. The van der Waals surface area contributed by atoms with Gasteiger partial charge >= 0.3 is 0 Å². The molecule has 3 nitrogen and oxygen atoms in total. The molecule has 0 spiro atoms. The zero-order chi connectivity index (χ0) is 13.6. The summed E-state index contributed by atoms with van der Waals surface area (Å²) in [5.41, 5.74) is 1.75. The Bertz CT molecular complexity index is 531. The van der Waals surface area contributed by atoms with Crippen LogP contribution in [0.4, 0.5) is 5.69 Å². The number of hydrogen-bond donors (Lipinski definition) is 0. The Balaban J connectivity index is 1.98.